The lowest BCUT2D eigenvalue weighted by Crippen LogP contribution is -2.31. The Morgan fingerprint density at radius 3 is 2.56 bits per heavy atom. The number of hydrogen-bond donors (Lipinski definition) is 2. The van der Waals surface area contributed by atoms with E-state index < -0.39 is 0 Å². The van der Waals surface area contributed by atoms with E-state index in [-0.39, 0.29) is 0 Å². The van der Waals surface area contributed by atoms with Crippen LogP contribution in [0.25, 0.3) is 0 Å². The van der Waals surface area contributed by atoms with Gasteiger partial charge in [-0.2, -0.15) is 0 Å². The Morgan fingerprint density at radius 2 is 1.88 bits per heavy atom. The Labute approximate surface area is 150 Å². The van der Waals surface area contributed by atoms with E-state index in [2.05, 4.69) is 39.9 Å². The molecule has 0 saturated heterocycles. The van der Waals surface area contributed by atoms with Crippen molar-refractivity contribution in [2.45, 2.75) is 19.8 Å². The van der Waals surface area contributed by atoms with Crippen LogP contribution in [0.1, 0.15) is 18.9 Å². The number of ether oxygens (including phenoxy) is 2. The Morgan fingerprint density at radius 1 is 1.08 bits per heavy atom. The van der Waals surface area contributed by atoms with Crippen molar-refractivity contribution >= 4 is 11.6 Å². The Bertz CT molecular complexity index is 672. The molecule has 2 aromatic rings. The Balaban J connectivity index is 1.86. The molecule has 2 N–H and O–H groups in total. The third-order valence-corrected chi connectivity index (χ3v) is 3.73. The average molecular weight is 341 g/mol. The van der Waals surface area contributed by atoms with Gasteiger partial charge in [0.25, 0.3) is 0 Å². The first kappa shape index (κ1) is 18.6. The van der Waals surface area contributed by atoms with Crippen LogP contribution in [0.5, 0.6) is 11.5 Å². The number of anilines is 1. The summed E-state index contributed by atoms with van der Waals surface area (Å²) in [5, 5.41) is 6.62. The quantitative estimate of drug-likeness (QED) is 0.436. The number of nitrogens with one attached hydrogen (secondary N) is 2. The van der Waals surface area contributed by atoms with Crippen LogP contribution in [0.15, 0.2) is 53.5 Å². The number of benzene rings is 2. The number of hydrogen-bond acceptors (Lipinski definition) is 3. The van der Waals surface area contributed by atoms with E-state index in [1.54, 1.807) is 14.2 Å². The predicted molar refractivity (Wildman–Crippen MR) is 104 cm³/mol. The van der Waals surface area contributed by atoms with Crippen LogP contribution < -0.4 is 20.1 Å². The molecule has 0 atom stereocenters. The van der Waals surface area contributed by atoms with Crippen LogP contribution in [0.4, 0.5) is 5.69 Å². The van der Waals surface area contributed by atoms with E-state index in [4.69, 9.17) is 9.47 Å². The maximum absolute atomic E-state index is 5.61. The minimum absolute atomic E-state index is 0.590. The second-order valence-corrected chi connectivity index (χ2v) is 5.51. The van der Waals surface area contributed by atoms with Gasteiger partial charge in [-0.15, -0.1) is 0 Å². The van der Waals surface area contributed by atoms with Crippen molar-refractivity contribution in [3.8, 4) is 11.5 Å². The lowest BCUT2D eigenvalue weighted by molar-refractivity contribution is 0.311. The van der Waals surface area contributed by atoms with Crippen LogP contribution in [-0.2, 0) is 6.42 Å². The van der Waals surface area contributed by atoms with Gasteiger partial charge in [-0.25, -0.2) is 0 Å². The Kier molecular flexibility index (Phi) is 7.63. The molecule has 0 amide bonds. The fourth-order valence-corrected chi connectivity index (χ4v) is 2.48. The molecule has 2 aromatic carbocycles. The van der Waals surface area contributed by atoms with Crippen molar-refractivity contribution in [1.82, 2.24) is 5.32 Å². The summed E-state index contributed by atoms with van der Waals surface area (Å²) in [6.45, 7) is 3.39. The molecule has 0 radical (unpaired) electrons. The number of aliphatic imine (C=N–C) groups is 1. The molecule has 0 bridgehead atoms. The molecular weight excluding hydrogens is 314 g/mol. The van der Waals surface area contributed by atoms with Gasteiger partial charge in [0.05, 0.1) is 13.7 Å². The molecular formula is C20H27N3O2. The monoisotopic (exact) mass is 341 g/mol. The standard InChI is InChI=1S/C20H27N3O2/c1-4-25-19-15-17(12-13-18(19)24-3)23-20(21-2)22-14-8-11-16-9-6-5-7-10-16/h5-7,9-10,12-13,15H,4,8,11,14H2,1-3H3,(H2,21,22,23). The lowest BCUT2D eigenvalue weighted by atomic mass is 10.1. The summed E-state index contributed by atoms with van der Waals surface area (Å²) in [5.41, 5.74) is 2.25. The first-order chi connectivity index (χ1) is 12.3. The van der Waals surface area contributed by atoms with Gasteiger partial charge in [0, 0.05) is 25.3 Å². The average Bonchev–Trinajstić information content (AvgIpc) is 2.65. The molecule has 0 aliphatic rings. The minimum Gasteiger partial charge on any atom is -0.493 e. The predicted octanol–water partition coefficient (Wildman–Crippen LogP) is 3.71. The summed E-state index contributed by atoms with van der Waals surface area (Å²) >= 11 is 0. The van der Waals surface area contributed by atoms with Crippen LogP contribution in [0, 0.1) is 0 Å². The van der Waals surface area contributed by atoms with Gasteiger partial charge in [0.2, 0.25) is 0 Å². The number of nitrogens with zero attached hydrogens (tertiary/aromatic N) is 1. The zero-order valence-electron chi connectivity index (χ0n) is 15.2. The number of methoxy groups -OCH3 is 1. The molecule has 25 heavy (non-hydrogen) atoms. The molecule has 0 fully saturated rings. The van der Waals surface area contributed by atoms with E-state index in [9.17, 15) is 0 Å². The molecule has 2 rings (SSSR count). The number of aryl methyl sites for hydroxylation is 1. The highest BCUT2D eigenvalue weighted by Gasteiger charge is 2.06. The summed E-state index contributed by atoms with van der Waals surface area (Å²) in [6.07, 6.45) is 2.08. The highest BCUT2D eigenvalue weighted by molar-refractivity contribution is 5.93. The van der Waals surface area contributed by atoms with Gasteiger partial charge in [-0.1, -0.05) is 30.3 Å². The number of guanidine groups is 1. The SMILES string of the molecule is CCOc1cc(NC(=NC)NCCCc2ccccc2)ccc1OC. The van der Waals surface area contributed by atoms with Gasteiger partial charge < -0.3 is 20.1 Å². The van der Waals surface area contributed by atoms with Crippen molar-refractivity contribution in [3.63, 3.8) is 0 Å². The summed E-state index contributed by atoms with van der Waals surface area (Å²) in [4.78, 5) is 4.27. The maximum atomic E-state index is 5.61. The zero-order valence-corrected chi connectivity index (χ0v) is 15.2. The van der Waals surface area contributed by atoms with Crippen molar-refractivity contribution in [1.29, 1.82) is 0 Å². The molecule has 0 heterocycles. The van der Waals surface area contributed by atoms with Crippen LogP contribution in [0.2, 0.25) is 0 Å². The molecule has 5 nitrogen and oxygen atoms in total. The van der Waals surface area contributed by atoms with Gasteiger partial charge >= 0.3 is 0 Å². The van der Waals surface area contributed by atoms with Crippen LogP contribution in [0.3, 0.4) is 0 Å². The maximum Gasteiger partial charge on any atom is 0.195 e. The lowest BCUT2D eigenvalue weighted by Gasteiger charge is -2.14. The summed E-state index contributed by atoms with van der Waals surface area (Å²) in [7, 11) is 3.40. The molecule has 0 aliphatic carbocycles. The van der Waals surface area contributed by atoms with Gasteiger partial charge in [-0.3, -0.25) is 4.99 Å². The summed E-state index contributed by atoms with van der Waals surface area (Å²) in [5.74, 6) is 2.17. The Hall–Kier alpha value is -2.69. The van der Waals surface area contributed by atoms with Gasteiger partial charge in [0.1, 0.15) is 0 Å². The van der Waals surface area contributed by atoms with E-state index in [1.165, 1.54) is 5.56 Å². The van der Waals surface area contributed by atoms with Crippen molar-refractivity contribution in [3.05, 3.63) is 54.1 Å². The highest BCUT2D eigenvalue weighted by Crippen LogP contribution is 2.30. The van der Waals surface area contributed by atoms with E-state index in [1.807, 2.05) is 31.2 Å². The third kappa shape index (κ3) is 6.03. The summed E-state index contributed by atoms with van der Waals surface area (Å²) in [6, 6.07) is 16.2. The van der Waals surface area contributed by atoms with E-state index in [0.29, 0.717) is 6.61 Å². The van der Waals surface area contributed by atoms with Crippen molar-refractivity contribution in [2.75, 3.05) is 32.6 Å². The molecule has 0 aliphatic heterocycles. The van der Waals surface area contributed by atoms with Crippen LogP contribution >= 0.6 is 0 Å². The largest absolute Gasteiger partial charge is 0.493 e. The topological polar surface area (TPSA) is 54.9 Å². The van der Waals surface area contributed by atoms with Gasteiger partial charge in [0.15, 0.2) is 17.5 Å². The van der Waals surface area contributed by atoms with E-state index >= 15 is 0 Å². The minimum atomic E-state index is 0.590. The van der Waals surface area contributed by atoms with Crippen LogP contribution in [-0.4, -0.2) is 33.3 Å². The molecule has 0 aromatic heterocycles. The molecule has 0 unspecified atom stereocenters. The molecule has 0 saturated carbocycles. The van der Waals surface area contributed by atoms with Gasteiger partial charge in [-0.05, 0) is 37.5 Å². The number of rotatable bonds is 8. The zero-order chi connectivity index (χ0) is 17.9. The first-order valence-corrected chi connectivity index (χ1v) is 8.59. The van der Waals surface area contributed by atoms with Crippen molar-refractivity contribution in [2.24, 2.45) is 4.99 Å². The fraction of sp³-hybridized carbons (Fsp3) is 0.350. The molecule has 5 heteroatoms. The molecule has 0 spiro atoms. The third-order valence-electron chi connectivity index (χ3n) is 3.73. The molecule has 134 valence electrons. The fourth-order valence-electron chi connectivity index (χ4n) is 2.48. The first-order valence-electron chi connectivity index (χ1n) is 8.59. The second kappa shape index (κ2) is 10.2. The normalized spacial score (nSPS) is 11.1. The summed E-state index contributed by atoms with van der Waals surface area (Å²) < 4.78 is 10.9. The smallest absolute Gasteiger partial charge is 0.195 e. The highest BCUT2D eigenvalue weighted by atomic mass is 16.5. The van der Waals surface area contributed by atoms with Crippen molar-refractivity contribution < 1.29 is 9.47 Å². The second-order valence-electron chi connectivity index (χ2n) is 5.51. The van der Waals surface area contributed by atoms with E-state index in [0.717, 1.165) is 42.5 Å².